The molecule has 0 saturated carbocycles. The van der Waals surface area contributed by atoms with E-state index in [0.29, 0.717) is 5.92 Å². The lowest BCUT2D eigenvalue weighted by atomic mass is 9.98. The second kappa shape index (κ2) is 6.90. The van der Waals surface area contributed by atoms with E-state index in [-0.39, 0.29) is 0 Å². The Bertz CT molecular complexity index is 659. The average Bonchev–Trinajstić information content (AvgIpc) is 2.97. The van der Waals surface area contributed by atoms with Crippen LogP contribution in [-0.4, -0.2) is 12.3 Å². The molecule has 21 heavy (non-hydrogen) atoms. The van der Waals surface area contributed by atoms with Crippen molar-refractivity contribution >= 4 is 5.71 Å². The first-order chi connectivity index (χ1) is 10.4. The summed E-state index contributed by atoms with van der Waals surface area (Å²) < 4.78 is 0. The van der Waals surface area contributed by atoms with Gasteiger partial charge in [0.2, 0.25) is 0 Å². The van der Waals surface area contributed by atoms with Crippen molar-refractivity contribution in [3.8, 4) is 11.8 Å². The quantitative estimate of drug-likeness (QED) is 0.746. The monoisotopic (exact) mass is 273 g/mol. The maximum atomic E-state index is 4.69. The van der Waals surface area contributed by atoms with Crippen LogP contribution in [0.15, 0.2) is 65.7 Å². The summed E-state index contributed by atoms with van der Waals surface area (Å²) in [6, 6.07) is 20.8. The van der Waals surface area contributed by atoms with E-state index >= 15 is 0 Å². The second-order valence-electron chi connectivity index (χ2n) is 5.51. The van der Waals surface area contributed by atoms with Crippen molar-refractivity contribution in [3.05, 3.63) is 71.8 Å². The molecule has 0 aliphatic carbocycles. The Balaban J connectivity index is 1.50. The van der Waals surface area contributed by atoms with Gasteiger partial charge in [0.15, 0.2) is 0 Å². The number of rotatable bonds is 3. The fourth-order valence-electron chi connectivity index (χ4n) is 2.64. The van der Waals surface area contributed by atoms with Crippen LogP contribution < -0.4 is 0 Å². The van der Waals surface area contributed by atoms with Crippen molar-refractivity contribution in [2.75, 3.05) is 6.54 Å². The Labute approximate surface area is 126 Å². The third-order valence-corrected chi connectivity index (χ3v) is 3.75. The molecule has 1 aliphatic heterocycles. The summed E-state index contributed by atoms with van der Waals surface area (Å²) in [7, 11) is 0. The highest BCUT2D eigenvalue weighted by atomic mass is 14.8. The summed E-state index contributed by atoms with van der Waals surface area (Å²) in [6.45, 7) is 0.936. The average molecular weight is 273 g/mol. The SMILES string of the molecule is C(#Cc1ccccc1)C[C@H]1CN=C(Cc2ccccc2)C1. The molecule has 0 spiro atoms. The molecule has 0 bridgehead atoms. The van der Waals surface area contributed by atoms with Crippen LogP contribution in [-0.2, 0) is 6.42 Å². The van der Waals surface area contributed by atoms with E-state index in [2.05, 4.69) is 59.3 Å². The fourth-order valence-corrected chi connectivity index (χ4v) is 2.64. The van der Waals surface area contributed by atoms with Crippen LogP contribution in [0.4, 0.5) is 0 Å². The summed E-state index contributed by atoms with van der Waals surface area (Å²) in [5, 5.41) is 0. The highest BCUT2D eigenvalue weighted by molar-refractivity contribution is 5.88. The first-order valence-electron chi connectivity index (χ1n) is 7.50. The van der Waals surface area contributed by atoms with E-state index < -0.39 is 0 Å². The van der Waals surface area contributed by atoms with E-state index in [1.165, 1.54) is 11.3 Å². The first-order valence-corrected chi connectivity index (χ1v) is 7.50. The van der Waals surface area contributed by atoms with Crippen molar-refractivity contribution in [3.63, 3.8) is 0 Å². The number of benzene rings is 2. The molecule has 1 nitrogen and oxygen atoms in total. The third-order valence-electron chi connectivity index (χ3n) is 3.75. The Hall–Kier alpha value is -2.33. The minimum Gasteiger partial charge on any atom is -0.293 e. The minimum absolute atomic E-state index is 0.597. The molecular formula is C20H19N. The van der Waals surface area contributed by atoms with Gasteiger partial charge in [-0.05, 0) is 30.0 Å². The van der Waals surface area contributed by atoms with Gasteiger partial charge in [0.25, 0.3) is 0 Å². The van der Waals surface area contributed by atoms with Gasteiger partial charge < -0.3 is 0 Å². The molecule has 2 aromatic rings. The van der Waals surface area contributed by atoms with Crippen molar-refractivity contribution < 1.29 is 0 Å². The van der Waals surface area contributed by atoms with Crippen molar-refractivity contribution in [2.45, 2.75) is 19.3 Å². The number of hydrogen-bond donors (Lipinski definition) is 0. The molecule has 0 radical (unpaired) electrons. The third kappa shape index (κ3) is 4.07. The van der Waals surface area contributed by atoms with Crippen molar-refractivity contribution in [1.29, 1.82) is 0 Å². The lowest BCUT2D eigenvalue weighted by Gasteiger charge is -2.04. The zero-order valence-corrected chi connectivity index (χ0v) is 12.1. The summed E-state index contributed by atoms with van der Waals surface area (Å²) in [6.07, 6.45) is 3.03. The van der Waals surface area contributed by atoms with Crippen LogP contribution in [0.3, 0.4) is 0 Å². The Morgan fingerprint density at radius 3 is 2.43 bits per heavy atom. The summed E-state index contributed by atoms with van der Waals surface area (Å²) in [4.78, 5) is 4.69. The van der Waals surface area contributed by atoms with Crippen LogP contribution >= 0.6 is 0 Å². The molecule has 1 aliphatic rings. The van der Waals surface area contributed by atoms with E-state index in [0.717, 1.165) is 31.4 Å². The van der Waals surface area contributed by atoms with E-state index in [4.69, 9.17) is 0 Å². The topological polar surface area (TPSA) is 12.4 Å². The van der Waals surface area contributed by atoms with Crippen LogP contribution in [0.5, 0.6) is 0 Å². The minimum atomic E-state index is 0.597. The predicted octanol–water partition coefficient (Wildman–Crippen LogP) is 4.13. The van der Waals surface area contributed by atoms with Gasteiger partial charge >= 0.3 is 0 Å². The molecule has 0 N–H and O–H groups in total. The highest BCUT2D eigenvalue weighted by Crippen LogP contribution is 2.19. The van der Waals surface area contributed by atoms with E-state index in [1.807, 2.05) is 18.2 Å². The Kier molecular flexibility index (Phi) is 4.49. The van der Waals surface area contributed by atoms with E-state index in [1.54, 1.807) is 0 Å². The Morgan fingerprint density at radius 2 is 1.67 bits per heavy atom. The van der Waals surface area contributed by atoms with Crippen LogP contribution in [0, 0.1) is 17.8 Å². The summed E-state index contributed by atoms with van der Waals surface area (Å²) >= 11 is 0. The molecule has 104 valence electrons. The van der Waals surface area contributed by atoms with Crippen molar-refractivity contribution in [1.82, 2.24) is 0 Å². The molecule has 0 fully saturated rings. The maximum Gasteiger partial charge on any atom is 0.0429 e. The van der Waals surface area contributed by atoms with Gasteiger partial charge in [-0.15, -0.1) is 0 Å². The van der Waals surface area contributed by atoms with Crippen LogP contribution in [0.25, 0.3) is 0 Å². The molecule has 0 saturated heterocycles. The van der Waals surface area contributed by atoms with E-state index in [9.17, 15) is 0 Å². The lowest BCUT2D eigenvalue weighted by molar-refractivity contribution is 0.613. The molecule has 0 unspecified atom stereocenters. The standard InChI is InChI=1S/C20H19N/c1-3-8-17(9-4-1)12-7-13-19-15-20(21-16-19)14-18-10-5-2-6-11-18/h1-6,8-11,19H,13-16H2/t19-/m1/s1. The molecular weight excluding hydrogens is 254 g/mol. The van der Waals surface area contributed by atoms with Crippen LogP contribution in [0.2, 0.25) is 0 Å². The fraction of sp³-hybridized carbons (Fsp3) is 0.250. The van der Waals surface area contributed by atoms with Gasteiger partial charge in [0.1, 0.15) is 0 Å². The number of nitrogens with zero attached hydrogens (tertiary/aromatic N) is 1. The molecule has 0 aromatic heterocycles. The molecule has 2 aromatic carbocycles. The lowest BCUT2D eigenvalue weighted by Crippen LogP contribution is -2.04. The molecule has 0 amide bonds. The zero-order valence-electron chi connectivity index (χ0n) is 12.1. The molecule has 1 atom stereocenters. The second-order valence-corrected chi connectivity index (χ2v) is 5.51. The van der Waals surface area contributed by atoms with Gasteiger partial charge in [-0.3, -0.25) is 4.99 Å². The van der Waals surface area contributed by atoms with Gasteiger partial charge in [-0.1, -0.05) is 60.4 Å². The first kappa shape index (κ1) is 13.6. The van der Waals surface area contributed by atoms with Gasteiger partial charge in [-0.25, -0.2) is 0 Å². The molecule has 1 heteroatoms. The van der Waals surface area contributed by atoms with Gasteiger partial charge in [-0.2, -0.15) is 0 Å². The number of aliphatic imine (C=N–C) groups is 1. The highest BCUT2D eigenvalue weighted by Gasteiger charge is 2.17. The molecule has 1 heterocycles. The zero-order chi connectivity index (χ0) is 14.3. The summed E-state index contributed by atoms with van der Waals surface area (Å²) in [5.41, 5.74) is 3.78. The van der Waals surface area contributed by atoms with Gasteiger partial charge in [0.05, 0.1) is 0 Å². The Morgan fingerprint density at radius 1 is 0.952 bits per heavy atom. The van der Waals surface area contributed by atoms with Crippen LogP contribution in [0.1, 0.15) is 24.0 Å². The number of hydrogen-bond acceptors (Lipinski definition) is 1. The smallest absolute Gasteiger partial charge is 0.0429 e. The maximum absolute atomic E-state index is 4.69. The van der Waals surface area contributed by atoms with Crippen molar-refractivity contribution in [2.24, 2.45) is 10.9 Å². The largest absolute Gasteiger partial charge is 0.293 e. The predicted molar refractivity (Wildman–Crippen MR) is 88.5 cm³/mol. The summed E-state index contributed by atoms with van der Waals surface area (Å²) in [5.74, 6) is 7.14. The normalized spacial score (nSPS) is 17.0. The van der Waals surface area contributed by atoms with Gasteiger partial charge in [0, 0.05) is 30.7 Å². The molecule has 3 rings (SSSR count).